The molecule has 30 heavy (non-hydrogen) atoms. The number of hydrogen-bond acceptors (Lipinski definition) is 3. The largest absolute Gasteiger partial charge is 0.465 e. The van der Waals surface area contributed by atoms with Gasteiger partial charge in [-0.1, -0.05) is 71.6 Å². The van der Waals surface area contributed by atoms with Crippen LogP contribution in [0.4, 0.5) is 13.2 Å². The summed E-state index contributed by atoms with van der Waals surface area (Å²) >= 11 is 0. The summed E-state index contributed by atoms with van der Waals surface area (Å²) in [6, 6.07) is -2.18. The first-order chi connectivity index (χ1) is 13.9. The monoisotopic (exact) mass is 457 g/mol. The average molecular weight is 458 g/mol. The summed E-state index contributed by atoms with van der Waals surface area (Å²) < 4.78 is 60.0. The highest BCUT2D eigenvalue weighted by Crippen LogP contribution is 2.31. The molecule has 0 aliphatic heterocycles. The molecule has 0 fully saturated rings. The van der Waals surface area contributed by atoms with Gasteiger partial charge in [-0.15, -0.1) is 0 Å². The molecule has 0 aromatic heterocycles. The number of carbonyl (C=O) groups is 1. The van der Waals surface area contributed by atoms with Gasteiger partial charge in [0.2, 0.25) is 0 Å². The van der Waals surface area contributed by atoms with Crippen molar-refractivity contribution >= 4 is 17.0 Å². The zero-order chi connectivity index (χ0) is 23.2. The molecule has 0 radical (unpaired) electrons. The molecule has 0 bridgehead atoms. The van der Waals surface area contributed by atoms with E-state index in [1.54, 1.807) is 27.7 Å². The van der Waals surface area contributed by atoms with Crippen molar-refractivity contribution in [1.82, 2.24) is 4.72 Å². The molecule has 0 unspecified atom stereocenters. The van der Waals surface area contributed by atoms with Crippen LogP contribution in [0.2, 0.25) is 0 Å². The molecule has 0 heterocycles. The highest BCUT2D eigenvalue weighted by Gasteiger charge is 2.49. The number of unbranched alkanes of at least 4 members (excludes halogenated alkanes) is 8. The van der Waals surface area contributed by atoms with Gasteiger partial charge < -0.3 is 4.74 Å². The van der Waals surface area contributed by atoms with Crippen LogP contribution in [0.25, 0.3) is 0 Å². The number of nitrogens with one attached hydrogen (secondary N) is 1. The number of alkyl halides is 3. The van der Waals surface area contributed by atoms with E-state index in [9.17, 15) is 22.2 Å². The molecular weight excluding hydrogens is 415 g/mol. The van der Waals surface area contributed by atoms with Crippen LogP contribution in [0.15, 0.2) is 0 Å². The Hall–Kier alpha value is -0.630. The summed E-state index contributed by atoms with van der Waals surface area (Å²) in [7, 11) is -1.95. The van der Waals surface area contributed by atoms with Gasteiger partial charge in [0, 0.05) is 0 Å². The number of esters is 1. The minimum atomic E-state index is -4.70. The molecule has 4 nitrogen and oxygen atoms in total. The first-order valence-corrected chi connectivity index (χ1v) is 12.5. The van der Waals surface area contributed by atoms with E-state index < -0.39 is 39.8 Å². The molecule has 1 N–H and O–H groups in total. The van der Waals surface area contributed by atoms with Gasteiger partial charge in [-0.25, -0.2) is 8.93 Å². The zero-order valence-electron chi connectivity index (χ0n) is 19.4. The molecule has 0 aromatic carbocycles. The molecule has 0 aliphatic carbocycles. The molecule has 8 heteroatoms. The van der Waals surface area contributed by atoms with Crippen LogP contribution < -0.4 is 4.72 Å². The van der Waals surface area contributed by atoms with Gasteiger partial charge in [-0.2, -0.15) is 13.2 Å². The van der Waals surface area contributed by atoms with E-state index in [0.29, 0.717) is 12.8 Å². The highest BCUT2D eigenvalue weighted by atomic mass is 32.2. The van der Waals surface area contributed by atoms with Gasteiger partial charge in [0.25, 0.3) is 0 Å². The van der Waals surface area contributed by atoms with Crippen LogP contribution >= 0.6 is 0 Å². The maximum absolute atomic E-state index is 13.8. The van der Waals surface area contributed by atoms with Crippen LogP contribution in [0, 0.1) is 5.92 Å². The van der Waals surface area contributed by atoms with Crippen molar-refractivity contribution in [2.24, 2.45) is 5.92 Å². The third-order valence-electron chi connectivity index (χ3n) is 4.92. The Kier molecular flexibility index (Phi) is 14.9. The van der Waals surface area contributed by atoms with E-state index in [1.807, 2.05) is 0 Å². The van der Waals surface area contributed by atoms with E-state index >= 15 is 0 Å². The van der Waals surface area contributed by atoms with Crippen molar-refractivity contribution in [3.8, 4) is 0 Å². The molecule has 0 spiro atoms. The molecule has 180 valence electrons. The molecule has 0 aliphatic rings. The summed E-state index contributed by atoms with van der Waals surface area (Å²) in [6.45, 7) is 8.82. The Labute approximate surface area is 183 Å². The van der Waals surface area contributed by atoms with Crippen molar-refractivity contribution in [1.29, 1.82) is 0 Å². The molecule has 0 saturated heterocycles. The Morgan fingerprint density at radius 2 is 1.40 bits per heavy atom. The van der Waals surface area contributed by atoms with Gasteiger partial charge in [-0.05, 0) is 33.6 Å². The van der Waals surface area contributed by atoms with Crippen molar-refractivity contribution in [2.45, 2.75) is 122 Å². The van der Waals surface area contributed by atoms with E-state index in [0.717, 1.165) is 25.7 Å². The highest BCUT2D eigenvalue weighted by molar-refractivity contribution is 7.84. The molecule has 3 atom stereocenters. The molecular formula is C22H42F3NO3S. The third-order valence-corrected chi connectivity index (χ3v) is 6.50. The second-order valence-electron chi connectivity index (χ2n) is 8.91. The van der Waals surface area contributed by atoms with Gasteiger partial charge in [0.05, 0.1) is 28.3 Å². The lowest BCUT2D eigenvalue weighted by molar-refractivity contribution is -0.179. The Balaban J connectivity index is 4.93. The number of rotatable bonds is 16. The number of hydrogen-bond donors (Lipinski definition) is 1. The lowest BCUT2D eigenvalue weighted by atomic mass is 9.93. The summed E-state index contributed by atoms with van der Waals surface area (Å²) in [5.41, 5.74) is 0. The Morgan fingerprint density at radius 3 is 1.83 bits per heavy atom. The lowest BCUT2D eigenvalue weighted by Gasteiger charge is -2.30. The predicted octanol–water partition coefficient (Wildman–Crippen LogP) is 6.46. The van der Waals surface area contributed by atoms with Gasteiger partial charge in [0.1, 0.15) is 6.04 Å². The van der Waals surface area contributed by atoms with Crippen molar-refractivity contribution in [3.63, 3.8) is 0 Å². The normalized spacial score (nSPS) is 15.6. The van der Waals surface area contributed by atoms with Crippen LogP contribution in [0.1, 0.15) is 105 Å². The van der Waals surface area contributed by atoms with Crippen LogP contribution in [0.3, 0.4) is 0 Å². The number of carbonyl (C=O) groups excluding carboxylic acids is 1. The summed E-state index contributed by atoms with van der Waals surface area (Å²) in [6.07, 6.45) is 5.19. The van der Waals surface area contributed by atoms with E-state index in [4.69, 9.17) is 4.74 Å². The Morgan fingerprint density at radius 1 is 0.900 bits per heavy atom. The van der Waals surface area contributed by atoms with E-state index in [-0.39, 0.29) is 13.0 Å². The SMILES string of the molecule is CCCCCCCCCCC[C@H](C(=O)OCCC)[C@H](N[S@@](=O)C(C)(C)C)C(F)(F)F. The van der Waals surface area contributed by atoms with Gasteiger partial charge in [0.15, 0.2) is 0 Å². The van der Waals surface area contributed by atoms with Crippen molar-refractivity contribution in [2.75, 3.05) is 6.61 Å². The molecule has 0 rings (SSSR count). The second-order valence-corrected chi connectivity index (χ2v) is 10.9. The van der Waals surface area contributed by atoms with Crippen molar-refractivity contribution < 1.29 is 26.9 Å². The first-order valence-electron chi connectivity index (χ1n) is 11.4. The minimum Gasteiger partial charge on any atom is -0.465 e. The first kappa shape index (κ1) is 29.4. The van der Waals surface area contributed by atoms with Gasteiger partial charge >= 0.3 is 12.1 Å². The van der Waals surface area contributed by atoms with Gasteiger partial charge in [-0.3, -0.25) is 4.79 Å². The lowest BCUT2D eigenvalue weighted by Crippen LogP contribution is -2.53. The van der Waals surface area contributed by atoms with Crippen LogP contribution in [-0.2, 0) is 20.5 Å². The number of halogens is 3. The molecule has 0 aromatic rings. The zero-order valence-corrected chi connectivity index (χ0v) is 20.2. The van der Waals surface area contributed by atoms with E-state index in [2.05, 4.69) is 11.6 Å². The maximum atomic E-state index is 13.8. The van der Waals surface area contributed by atoms with Crippen molar-refractivity contribution in [3.05, 3.63) is 0 Å². The van der Waals surface area contributed by atoms with E-state index in [1.165, 1.54) is 25.7 Å². The smallest absolute Gasteiger partial charge is 0.405 e. The Bertz CT molecular complexity index is 493. The quantitative estimate of drug-likeness (QED) is 0.214. The maximum Gasteiger partial charge on any atom is 0.405 e. The fraction of sp³-hybridized carbons (Fsp3) is 0.955. The number of ether oxygens (including phenoxy) is 1. The summed E-state index contributed by atoms with van der Waals surface area (Å²) in [5, 5.41) is 0. The standard InChI is InChI=1S/C22H42F3NO3S/c1-6-8-9-10-11-12-13-14-15-16-18(20(27)29-17-7-2)19(22(23,24)25)26-30(28)21(3,4)5/h18-19,26H,6-17H2,1-5H3/t18-,19-,30-/m0/s1. The molecule has 0 amide bonds. The van der Waals surface area contributed by atoms with Crippen LogP contribution in [0.5, 0.6) is 0 Å². The third kappa shape index (κ3) is 12.9. The second kappa shape index (κ2) is 15.2. The molecule has 0 saturated carbocycles. The summed E-state index contributed by atoms with van der Waals surface area (Å²) in [5.74, 6) is -2.26. The van der Waals surface area contributed by atoms with Crippen LogP contribution in [-0.4, -0.2) is 33.8 Å². The average Bonchev–Trinajstić information content (AvgIpc) is 2.64. The topological polar surface area (TPSA) is 55.4 Å². The minimum absolute atomic E-state index is 0.0664. The summed E-state index contributed by atoms with van der Waals surface area (Å²) in [4.78, 5) is 12.4. The fourth-order valence-electron chi connectivity index (χ4n) is 3.07. The fourth-order valence-corrected chi connectivity index (χ4v) is 3.96. The predicted molar refractivity (Wildman–Crippen MR) is 117 cm³/mol.